The Labute approximate surface area is 156 Å². The van der Waals surface area contributed by atoms with Crippen LogP contribution in [0.3, 0.4) is 0 Å². The lowest BCUT2D eigenvalue weighted by molar-refractivity contribution is -0.142. The van der Waals surface area contributed by atoms with Crippen molar-refractivity contribution in [2.45, 2.75) is 39.8 Å². The van der Waals surface area contributed by atoms with Crippen molar-refractivity contribution in [2.24, 2.45) is 5.92 Å². The predicted molar refractivity (Wildman–Crippen MR) is 107 cm³/mol. The maximum atomic E-state index is 14.1. The molecule has 26 heavy (non-hydrogen) atoms. The molecule has 0 amide bonds. The molecule has 4 nitrogen and oxygen atoms in total. The van der Waals surface area contributed by atoms with Gasteiger partial charge in [-0.1, -0.05) is 81.4 Å². The Kier molecular flexibility index (Phi) is 7.19. The van der Waals surface area contributed by atoms with E-state index in [-0.39, 0.29) is 5.92 Å². The lowest BCUT2D eigenvalue weighted by Gasteiger charge is -2.36. The van der Waals surface area contributed by atoms with Crippen molar-refractivity contribution >= 4 is 18.6 Å². The van der Waals surface area contributed by atoms with Crippen LogP contribution in [0.15, 0.2) is 60.7 Å². The number of aliphatic carboxylic acids is 1. The summed E-state index contributed by atoms with van der Waals surface area (Å²) in [5.41, 5.74) is 0.965. The molecule has 2 atom stereocenters. The zero-order valence-electron chi connectivity index (χ0n) is 15.7. The molecule has 2 aromatic carbocycles. The summed E-state index contributed by atoms with van der Waals surface area (Å²) in [7, 11) is -3.04. The van der Waals surface area contributed by atoms with Gasteiger partial charge >= 0.3 is 5.97 Å². The summed E-state index contributed by atoms with van der Waals surface area (Å²) in [5, 5.41) is 10.6. The fourth-order valence-electron chi connectivity index (χ4n) is 3.19. The third-order valence-corrected chi connectivity index (χ3v) is 7.74. The fourth-order valence-corrected chi connectivity index (χ4v) is 5.89. The minimum atomic E-state index is -3.04. The average molecular weight is 373 g/mol. The first-order valence-corrected chi connectivity index (χ1v) is 10.9. The number of benzene rings is 2. The third-order valence-electron chi connectivity index (χ3n) is 4.53. The van der Waals surface area contributed by atoms with Crippen LogP contribution in [0.4, 0.5) is 0 Å². The number of carboxylic acid groups (broad SMARTS) is 1. The van der Waals surface area contributed by atoms with Gasteiger partial charge in [-0.3, -0.25) is 4.79 Å². The van der Waals surface area contributed by atoms with Gasteiger partial charge in [0.2, 0.25) is 0 Å². The van der Waals surface area contributed by atoms with E-state index >= 15 is 0 Å². The van der Waals surface area contributed by atoms with Gasteiger partial charge in [-0.25, -0.2) is 4.67 Å². The van der Waals surface area contributed by atoms with Crippen molar-refractivity contribution in [3.05, 3.63) is 66.2 Å². The van der Waals surface area contributed by atoms with Gasteiger partial charge in [0.15, 0.2) is 7.29 Å². The second-order valence-electron chi connectivity index (χ2n) is 6.92. The summed E-state index contributed by atoms with van der Waals surface area (Å²) in [6, 6.07) is 18.2. The summed E-state index contributed by atoms with van der Waals surface area (Å²) in [6.45, 7) is 6.22. The van der Waals surface area contributed by atoms with E-state index in [1.54, 1.807) is 4.67 Å². The molecule has 0 aromatic heterocycles. The van der Waals surface area contributed by atoms with Crippen molar-refractivity contribution in [1.82, 2.24) is 4.67 Å². The number of carbonyl (C=O) groups is 1. The molecule has 0 aliphatic rings. The van der Waals surface area contributed by atoms with Crippen molar-refractivity contribution in [1.29, 1.82) is 0 Å². The van der Waals surface area contributed by atoms with E-state index in [4.69, 9.17) is 0 Å². The highest BCUT2D eigenvalue weighted by molar-refractivity contribution is 7.69. The molecule has 0 spiro atoms. The van der Waals surface area contributed by atoms with Crippen LogP contribution in [-0.4, -0.2) is 27.9 Å². The Bertz CT molecular complexity index is 746. The van der Waals surface area contributed by atoms with Crippen molar-refractivity contribution in [3.8, 4) is 0 Å². The van der Waals surface area contributed by atoms with Gasteiger partial charge in [0.25, 0.3) is 0 Å². The number of carboxylic acids is 1. The molecular formula is C21H28NO3P. The lowest BCUT2D eigenvalue weighted by Crippen LogP contribution is -2.42. The van der Waals surface area contributed by atoms with Crippen LogP contribution in [0.1, 0.15) is 32.8 Å². The molecule has 5 heteroatoms. The second kappa shape index (κ2) is 9.16. The van der Waals surface area contributed by atoms with Crippen LogP contribution in [0.5, 0.6) is 0 Å². The summed E-state index contributed by atoms with van der Waals surface area (Å²) in [5.74, 6) is -0.727. The summed E-state index contributed by atoms with van der Waals surface area (Å²) in [4.78, 5) is 12.1. The minimum absolute atomic E-state index is 0.190. The highest BCUT2D eigenvalue weighted by Crippen LogP contribution is 2.51. The summed E-state index contributed by atoms with van der Waals surface area (Å²) < 4.78 is 15.8. The number of rotatable bonds is 9. The van der Waals surface area contributed by atoms with E-state index in [1.807, 2.05) is 81.4 Å². The highest BCUT2D eigenvalue weighted by Gasteiger charge is 2.39. The Morgan fingerprint density at radius 1 is 1.04 bits per heavy atom. The van der Waals surface area contributed by atoms with Gasteiger partial charge in [0, 0.05) is 18.0 Å². The molecule has 0 fully saturated rings. The average Bonchev–Trinajstić information content (AvgIpc) is 2.65. The van der Waals surface area contributed by atoms with Crippen LogP contribution in [0.2, 0.25) is 0 Å². The van der Waals surface area contributed by atoms with Gasteiger partial charge in [-0.2, -0.15) is 0 Å². The van der Waals surface area contributed by atoms with Crippen LogP contribution < -0.4 is 5.30 Å². The minimum Gasteiger partial charge on any atom is -0.480 e. The van der Waals surface area contributed by atoms with Crippen molar-refractivity contribution in [2.75, 3.05) is 6.16 Å². The predicted octanol–water partition coefficient (Wildman–Crippen LogP) is 4.61. The molecule has 0 saturated heterocycles. The first kappa shape index (κ1) is 20.4. The third kappa shape index (κ3) is 4.84. The summed E-state index contributed by atoms with van der Waals surface area (Å²) >= 11 is 0. The second-order valence-corrected chi connectivity index (χ2v) is 9.99. The number of hydrogen-bond acceptors (Lipinski definition) is 2. The zero-order valence-corrected chi connectivity index (χ0v) is 16.6. The largest absolute Gasteiger partial charge is 0.480 e. The highest BCUT2D eigenvalue weighted by atomic mass is 31.2. The first-order valence-electron chi connectivity index (χ1n) is 9.07. The normalized spacial score (nSPS) is 15.0. The quantitative estimate of drug-likeness (QED) is 0.652. The van der Waals surface area contributed by atoms with E-state index in [2.05, 4.69) is 0 Å². The van der Waals surface area contributed by atoms with Crippen molar-refractivity contribution < 1.29 is 14.5 Å². The lowest BCUT2D eigenvalue weighted by atomic mass is 10.0. The Balaban J connectivity index is 2.53. The molecule has 140 valence electrons. The van der Waals surface area contributed by atoms with E-state index < -0.39 is 19.3 Å². The SMILES string of the molecule is CCP(=O)(c1ccccc1)N(Cc1ccccc1)[C@H](CC(C)C)C(=O)O. The number of hydrogen-bond donors (Lipinski definition) is 1. The molecule has 1 N–H and O–H groups in total. The fraction of sp³-hybridized carbons (Fsp3) is 0.381. The molecule has 2 rings (SSSR count). The Morgan fingerprint density at radius 2 is 1.58 bits per heavy atom. The summed E-state index contributed by atoms with van der Waals surface area (Å²) in [6.07, 6.45) is 0.852. The smallest absolute Gasteiger partial charge is 0.321 e. The maximum Gasteiger partial charge on any atom is 0.321 e. The maximum absolute atomic E-state index is 14.1. The first-order chi connectivity index (χ1) is 12.4. The van der Waals surface area contributed by atoms with Gasteiger partial charge in [-0.05, 0) is 17.9 Å². The van der Waals surface area contributed by atoms with E-state index in [9.17, 15) is 14.5 Å². The topological polar surface area (TPSA) is 57.6 Å². The van der Waals surface area contributed by atoms with Gasteiger partial charge in [-0.15, -0.1) is 0 Å². The van der Waals surface area contributed by atoms with Gasteiger partial charge in [0.05, 0.1) is 0 Å². The molecule has 0 saturated carbocycles. The molecule has 2 aromatic rings. The molecular weight excluding hydrogens is 345 g/mol. The molecule has 0 radical (unpaired) electrons. The Hall–Kier alpha value is -1.90. The monoisotopic (exact) mass is 373 g/mol. The van der Waals surface area contributed by atoms with Crippen LogP contribution in [-0.2, 0) is 15.9 Å². The van der Waals surface area contributed by atoms with E-state index in [1.165, 1.54) is 0 Å². The van der Waals surface area contributed by atoms with E-state index in [0.29, 0.717) is 24.4 Å². The van der Waals surface area contributed by atoms with E-state index in [0.717, 1.165) is 5.56 Å². The molecule has 1 unspecified atom stereocenters. The Morgan fingerprint density at radius 3 is 2.04 bits per heavy atom. The van der Waals surface area contributed by atoms with Crippen LogP contribution in [0, 0.1) is 5.92 Å². The molecule has 0 aliphatic carbocycles. The molecule has 0 aliphatic heterocycles. The van der Waals surface area contributed by atoms with Gasteiger partial charge < -0.3 is 9.67 Å². The number of nitrogens with zero attached hydrogens (tertiary/aromatic N) is 1. The van der Waals surface area contributed by atoms with Crippen LogP contribution >= 0.6 is 7.29 Å². The molecule has 0 bridgehead atoms. The van der Waals surface area contributed by atoms with Gasteiger partial charge in [0.1, 0.15) is 6.04 Å². The standard InChI is InChI=1S/C21H28NO3P/c1-4-26(25,19-13-9-6-10-14-19)22(16-18-11-7-5-8-12-18)20(21(23)24)15-17(2)3/h5-14,17,20H,4,15-16H2,1-3H3,(H,23,24)/t20-,26?/m1/s1. The molecule has 0 heterocycles. The van der Waals surface area contributed by atoms with Crippen LogP contribution in [0.25, 0.3) is 0 Å². The zero-order chi connectivity index (χ0) is 19.2. The van der Waals surface area contributed by atoms with Crippen molar-refractivity contribution in [3.63, 3.8) is 0 Å².